The summed E-state index contributed by atoms with van der Waals surface area (Å²) in [6.07, 6.45) is 0. The molecular formula is C12H17ClFN. The Morgan fingerprint density at radius 1 is 1.33 bits per heavy atom. The first-order valence-electron chi connectivity index (χ1n) is 5.18. The number of rotatable bonds is 5. The minimum atomic E-state index is -0.141. The Labute approximate surface area is 95.8 Å². The molecule has 1 aromatic carbocycles. The van der Waals surface area contributed by atoms with E-state index in [1.54, 1.807) is 6.07 Å². The summed E-state index contributed by atoms with van der Waals surface area (Å²) < 4.78 is 13.4. The summed E-state index contributed by atoms with van der Waals surface area (Å²) in [5, 5.41) is 0. The Kier molecular flexibility index (Phi) is 5.06. The van der Waals surface area contributed by atoms with Crippen LogP contribution in [0.4, 0.5) is 4.39 Å². The van der Waals surface area contributed by atoms with Crippen molar-refractivity contribution in [2.45, 2.75) is 26.4 Å². The molecule has 0 aliphatic carbocycles. The van der Waals surface area contributed by atoms with Gasteiger partial charge in [0.1, 0.15) is 5.82 Å². The Bertz CT molecular complexity index is 301. The zero-order valence-corrected chi connectivity index (χ0v) is 9.97. The third kappa shape index (κ3) is 3.80. The van der Waals surface area contributed by atoms with Crippen molar-refractivity contribution in [3.05, 3.63) is 35.6 Å². The summed E-state index contributed by atoms with van der Waals surface area (Å²) in [5.74, 6) is 0.435. The second kappa shape index (κ2) is 6.09. The van der Waals surface area contributed by atoms with E-state index in [0.717, 1.165) is 12.1 Å². The predicted molar refractivity (Wildman–Crippen MR) is 62.7 cm³/mol. The lowest BCUT2D eigenvalue weighted by Crippen LogP contribution is -2.32. The summed E-state index contributed by atoms with van der Waals surface area (Å²) >= 11 is 5.71. The van der Waals surface area contributed by atoms with E-state index in [1.807, 2.05) is 12.1 Å². The van der Waals surface area contributed by atoms with Crippen molar-refractivity contribution in [1.82, 2.24) is 4.90 Å². The number of nitrogens with zero attached hydrogens (tertiary/aromatic N) is 1. The van der Waals surface area contributed by atoms with Gasteiger partial charge in [-0.3, -0.25) is 4.90 Å². The van der Waals surface area contributed by atoms with Gasteiger partial charge in [0, 0.05) is 30.6 Å². The second-order valence-electron chi connectivity index (χ2n) is 3.84. The Morgan fingerprint density at radius 3 is 2.53 bits per heavy atom. The summed E-state index contributed by atoms with van der Waals surface area (Å²) in [6.45, 7) is 5.59. The highest BCUT2D eigenvalue weighted by atomic mass is 35.5. The van der Waals surface area contributed by atoms with Crippen LogP contribution in [0.5, 0.6) is 0 Å². The average Bonchev–Trinajstić information content (AvgIpc) is 2.20. The van der Waals surface area contributed by atoms with E-state index in [-0.39, 0.29) is 5.82 Å². The first-order chi connectivity index (χ1) is 7.15. The fourth-order valence-corrected chi connectivity index (χ4v) is 1.69. The van der Waals surface area contributed by atoms with Crippen LogP contribution in [0.3, 0.4) is 0 Å². The van der Waals surface area contributed by atoms with E-state index in [1.165, 1.54) is 6.07 Å². The van der Waals surface area contributed by atoms with Gasteiger partial charge in [-0.2, -0.15) is 0 Å². The third-order valence-corrected chi connectivity index (χ3v) is 2.60. The molecule has 0 saturated heterocycles. The highest BCUT2D eigenvalue weighted by Crippen LogP contribution is 2.11. The van der Waals surface area contributed by atoms with Gasteiger partial charge in [-0.1, -0.05) is 18.2 Å². The van der Waals surface area contributed by atoms with Gasteiger partial charge in [0.05, 0.1) is 0 Å². The predicted octanol–water partition coefficient (Wildman–Crippen LogP) is 3.27. The zero-order chi connectivity index (χ0) is 11.3. The Morgan fingerprint density at radius 2 is 2.00 bits per heavy atom. The van der Waals surface area contributed by atoms with E-state index >= 15 is 0 Å². The highest BCUT2D eigenvalue weighted by molar-refractivity contribution is 6.18. The molecule has 0 fully saturated rings. The summed E-state index contributed by atoms with van der Waals surface area (Å²) in [7, 11) is 0. The average molecular weight is 230 g/mol. The maximum atomic E-state index is 13.4. The fourth-order valence-electron chi connectivity index (χ4n) is 1.47. The zero-order valence-electron chi connectivity index (χ0n) is 9.21. The van der Waals surface area contributed by atoms with Gasteiger partial charge < -0.3 is 0 Å². The molecule has 0 aliphatic rings. The van der Waals surface area contributed by atoms with Crippen molar-refractivity contribution in [3.63, 3.8) is 0 Å². The molecule has 0 amide bonds. The molecule has 84 valence electrons. The molecule has 1 nitrogen and oxygen atoms in total. The number of benzene rings is 1. The quantitative estimate of drug-likeness (QED) is 0.701. The normalized spacial score (nSPS) is 11.3. The van der Waals surface area contributed by atoms with Gasteiger partial charge in [-0.05, 0) is 19.9 Å². The molecule has 0 bridgehead atoms. The Hall–Kier alpha value is -0.600. The van der Waals surface area contributed by atoms with E-state index in [2.05, 4.69) is 18.7 Å². The minimum Gasteiger partial charge on any atom is -0.295 e. The Balaban J connectivity index is 2.69. The van der Waals surface area contributed by atoms with Gasteiger partial charge in [0.2, 0.25) is 0 Å². The largest absolute Gasteiger partial charge is 0.295 e. The number of halogens is 2. The smallest absolute Gasteiger partial charge is 0.127 e. The topological polar surface area (TPSA) is 3.24 Å². The summed E-state index contributed by atoms with van der Waals surface area (Å²) in [6, 6.07) is 7.26. The maximum absolute atomic E-state index is 13.4. The molecule has 0 radical (unpaired) electrons. The van der Waals surface area contributed by atoms with Crippen LogP contribution in [0.25, 0.3) is 0 Å². The van der Waals surface area contributed by atoms with Crippen molar-refractivity contribution >= 4 is 11.6 Å². The number of hydrogen-bond acceptors (Lipinski definition) is 1. The van der Waals surface area contributed by atoms with Crippen LogP contribution in [0, 0.1) is 5.82 Å². The van der Waals surface area contributed by atoms with Crippen LogP contribution in [0.2, 0.25) is 0 Å². The molecular weight excluding hydrogens is 213 g/mol. The molecule has 3 heteroatoms. The summed E-state index contributed by atoms with van der Waals surface area (Å²) in [4.78, 5) is 2.16. The van der Waals surface area contributed by atoms with Crippen molar-refractivity contribution in [2.24, 2.45) is 0 Å². The lowest BCUT2D eigenvalue weighted by Gasteiger charge is -2.25. The van der Waals surface area contributed by atoms with Gasteiger partial charge in [-0.25, -0.2) is 4.39 Å². The van der Waals surface area contributed by atoms with Crippen LogP contribution >= 0.6 is 11.6 Å². The SMILES string of the molecule is CC(C)N(CCCl)Cc1ccccc1F. The van der Waals surface area contributed by atoms with Gasteiger partial charge in [0.25, 0.3) is 0 Å². The van der Waals surface area contributed by atoms with Gasteiger partial charge >= 0.3 is 0 Å². The molecule has 0 aromatic heterocycles. The van der Waals surface area contributed by atoms with E-state index in [9.17, 15) is 4.39 Å². The molecule has 15 heavy (non-hydrogen) atoms. The molecule has 1 rings (SSSR count). The highest BCUT2D eigenvalue weighted by Gasteiger charge is 2.11. The minimum absolute atomic E-state index is 0.141. The van der Waals surface area contributed by atoms with Crippen molar-refractivity contribution in [3.8, 4) is 0 Å². The second-order valence-corrected chi connectivity index (χ2v) is 4.22. The molecule has 0 saturated carbocycles. The van der Waals surface area contributed by atoms with Crippen molar-refractivity contribution in [2.75, 3.05) is 12.4 Å². The van der Waals surface area contributed by atoms with Crippen molar-refractivity contribution in [1.29, 1.82) is 0 Å². The molecule has 0 heterocycles. The van der Waals surface area contributed by atoms with Crippen LogP contribution in [-0.4, -0.2) is 23.4 Å². The van der Waals surface area contributed by atoms with Crippen LogP contribution < -0.4 is 0 Å². The van der Waals surface area contributed by atoms with E-state index in [4.69, 9.17) is 11.6 Å². The van der Waals surface area contributed by atoms with Gasteiger partial charge in [0.15, 0.2) is 0 Å². The monoisotopic (exact) mass is 229 g/mol. The molecule has 0 aliphatic heterocycles. The number of hydrogen-bond donors (Lipinski definition) is 0. The van der Waals surface area contributed by atoms with Crippen LogP contribution in [-0.2, 0) is 6.54 Å². The fraction of sp³-hybridized carbons (Fsp3) is 0.500. The first-order valence-corrected chi connectivity index (χ1v) is 5.72. The van der Waals surface area contributed by atoms with E-state index in [0.29, 0.717) is 18.5 Å². The summed E-state index contributed by atoms with van der Waals surface area (Å²) in [5.41, 5.74) is 0.733. The molecule has 0 atom stereocenters. The third-order valence-electron chi connectivity index (χ3n) is 2.43. The van der Waals surface area contributed by atoms with Crippen molar-refractivity contribution < 1.29 is 4.39 Å². The van der Waals surface area contributed by atoms with Gasteiger partial charge in [-0.15, -0.1) is 11.6 Å². The lowest BCUT2D eigenvalue weighted by atomic mass is 10.2. The maximum Gasteiger partial charge on any atom is 0.127 e. The molecule has 0 unspecified atom stereocenters. The van der Waals surface area contributed by atoms with Crippen LogP contribution in [0.1, 0.15) is 19.4 Å². The first kappa shape index (κ1) is 12.5. The standard InChI is InChI=1S/C12H17ClFN/c1-10(2)15(8-7-13)9-11-5-3-4-6-12(11)14/h3-6,10H,7-9H2,1-2H3. The molecule has 1 aromatic rings. The molecule has 0 spiro atoms. The van der Waals surface area contributed by atoms with Crippen LogP contribution in [0.15, 0.2) is 24.3 Å². The number of alkyl halides is 1. The molecule has 0 N–H and O–H groups in total. The lowest BCUT2D eigenvalue weighted by molar-refractivity contribution is 0.223. The van der Waals surface area contributed by atoms with E-state index < -0.39 is 0 Å².